The maximum absolute atomic E-state index is 11.8. The third-order valence-electron chi connectivity index (χ3n) is 2.89. The van der Waals surface area contributed by atoms with Gasteiger partial charge in [-0.15, -0.1) is 0 Å². The molecule has 0 aliphatic heterocycles. The molecule has 7 heteroatoms. The molecule has 8 N–H and O–H groups in total. The number of primary amides is 1. The van der Waals surface area contributed by atoms with Crippen LogP contribution in [0.3, 0.4) is 0 Å². The molecule has 0 saturated heterocycles. The van der Waals surface area contributed by atoms with Gasteiger partial charge >= 0.3 is 0 Å². The number of carbonyl (C=O) groups is 2. The summed E-state index contributed by atoms with van der Waals surface area (Å²) in [7, 11) is 0. The van der Waals surface area contributed by atoms with Crippen LogP contribution in [0.4, 0.5) is 5.69 Å². The fourth-order valence-corrected chi connectivity index (χ4v) is 1.56. The van der Waals surface area contributed by atoms with Crippen molar-refractivity contribution in [2.75, 3.05) is 5.32 Å². The largest absolute Gasteiger partial charge is 0.392 e. The van der Waals surface area contributed by atoms with Crippen molar-refractivity contribution in [3.05, 3.63) is 29.8 Å². The summed E-state index contributed by atoms with van der Waals surface area (Å²) in [4.78, 5) is 22.6. The van der Waals surface area contributed by atoms with E-state index >= 15 is 0 Å². The molecule has 0 aliphatic rings. The highest BCUT2D eigenvalue weighted by Crippen LogP contribution is 2.10. The van der Waals surface area contributed by atoms with Gasteiger partial charge in [0.15, 0.2) is 0 Å². The van der Waals surface area contributed by atoms with Crippen LogP contribution in [-0.2, 0) is 16.2 Å². The molecular formula is C13H20N4O3. The number of nitrogens with two attached hydrogens (primary N) is 3. The van der Waals surface area contributed by atoms with Crippen LogP contribution in [0.5, 0.6) is 0 Å². The minimum atomic E-state index is -0.794. The molecule has 1 rings (SSSR count). The van der Waals surface area contributed by atoms with E-state index in [0.717, 1.165) is 5.56 Å². The van der Waals surface area contributed by atoms with Crippen LogP contribution in [0.2, 0.25) is 0 Å². The van der Waals surface area contributed by atoms with Gasteiger partial charge in [-0.1, -0.05) is 12.1 Å². The normalized spacial score (nSPS) is 13.6. The lowest BCUT2D eigenvalue weighted by Crippen LogP contribution is -2.40. The second-order valence-electron chi connectivity index (χ2n) is 4.54. The third-order valence-corrected chi connectivity index (χ3v) is 2.89. The van der Waals surface area contributed by atoms with Gasteiger partial charge in [-0.05, 0) is 30.5 Å². The summed E-state index contributed by atoms with van der Waals surface area (Å²) in [6, 6.07) is 5.18. The van der Waals surface area contributed by atoms with Crippen molar-refractivity contribution in [2.24, 2.45) is 17.2 Å². The topological polar surface area (TPSA) is 144 Å². The zero-order valence-corrected chi connectivity index (χ0v) is 11.1. The van der Waals surface area contributed by atoms with Gasteiger partial charge in [0.05, 0.1) is 18.7 Å². The molecule has 0 bridgehead atoms. The molecule has 0 aromatic heterocycles. The molecular weight excluding hydrogens is 260 g/mol. The molecule has 0 radical (unpaired) electrons. The molecule has 0 saturated carbocycles. The maximum Gasteiger partial charge on any atom is 0.241 e. The summed E-state index contributed by atoms with van der Waals surface area (Å²) in [5, 5.41) is 11.6. The van der Waals surface area contributed by atoms with Crippen LogP contribution in [-0.4, -0.2) is 29.0 Å². The number of aliphatic hydroxyl groups excluding tert-OH is 1. The zero-order chi connectivity index (χ0) is 15.1. The highest BCUT2D eigenvalue weighted by molar-refractivity contribution is 5.94. The SMILES string of the molecule is NC(=O)C(N)CC[C@H](N)C(=O)Nc1ccc(CO)cc1. The Morgan fingerprint density at radius 2 is 1.65 bits per heavy atom. The Morgan fingerprint density at radius 1 is 1.10 bits per heavy atom. The first-order valence-electron chi connectivity index (χ1n) is 6.25. The predicted molar refractivity (Wildman–Crippen MR) is 75.4 cm³/mol. The Hall–Kier alpha value is -1.96. The maximum atomic E-state index is 11.8. The quantitative estimate of drug-likeness (QED) is 0.436. The molecule has 0 fully saturated rings. The minimum Gasteiger partial charge on any atom is -0.392 e. The number of aliphatic hydroxyl groups is 1. The Kier molecular flexibility index (Phi) is 6.10. The van der Waals surface area contributed by atoms with Crippen LogP contribution in [0.1, 0.15) is 18.4 Å². The summed E-state index contributed by atoms with van der Waals surface area (Å²) in [6.45, 7) is -0.0568. The lowest BCUT2D eigenvalue weighted by atomic mass is 10.1. The van der Waals surface area contributed by atoms with Crippen molar-refractivity contribution in [3.8, 4) is 0 Å². The molecule has 1 unspecified atom stereocenters. The van der Waals surface area contributed by atoms with E-state index in [2.05, 4.69) is 5.32 Å². The van der Waals surface area contributed by atoms with Crippen molar-refractivity contribution in [1.29, 1.82) is 0 Å². The van der Waals surface area contributed by atoms with Gasteiger partial charge in [0.25, 0.3) is 0 Å². The standard InChI is InChI=1S/C13H20N4O3/c14-10(12(16)19)5-6-11(15)13(20)17-9-3-1-8(7-18)2-4-9/h1-4,10-11,18H,5-7,14-15H2,(H2,16,19)(H,17,20)/t10?,11-/m0/s1. The van der Waals surface area contributed by atoms with Gasteiger partial charge in [0.1, 0.15) is 0 Å². The number of carbonyl (C=O) groups excluding carboxylic acids is 2. The molecule has 0 aliphatic carbocycles. The van der Waals surface area contributed by atoms with E-state index in [0.29, 0.717) is 5.69 Å². The number of hydrogen-bond acceptors (Lipinski definition) is 5. The van der Waals surface area contributed by atoms with E-state index < -0.39 is 18.0 Å². The number of nitrogens with one attached hydrogen (secondary N) is 1. The molecule has 2 atom stereocenters. The third kappa shape index (κ3) is 4.96. The first-order chi connectivity index (χ1) is 9.43. The smallest absolute Gasteiger partial charge is 0.241 e. The summed E-state index contributed by atoms with van der Waals surface area (Å²) in [6.07, 6.45) is 0.526. The van der Waals surface area contributed by atoms with Crippen molar-refractivity contribution in [1.82, 2.24) is 0 Å². The second kappa shape index (κ2) is 7.59. The lowest BCUT2D eigenvalue weighted by Gasteiger charge is -2.14. The monoisotopic (exact) mass is 280 g/mol. The van der Waals surface area contributed by atoms with Gasteiger partial charge in [0, 0.05) is 5.69 Å². The summed E-state index contributed by atoms with van der Waals surface area (Å²) in [5.74, 6) is -0.976. The van der Waals surface area contributed by atoms with E-state index in [1.165, 1.54) is 0 Å². The van der Waals surface area contributed by atoms with E-state index in [4.69, 9.17) is 22.3 Å². The number of rotatable bonds is 7. The molecule has 0 spiro atoms. The number of amides is 2. The average molecular weight is 280 g/mol. The van der Waals surface area contributed by atoms with Gasteiger partial charge in [-0.3, -0.25) is 9.59 Å². The van der Waals surface area contributed by atoms with Crippen LogP contribution in [0, 0.1) is 0 Å². The van der Waals surface area contributed by atoms with Gasteiger partial charge in [-0.25, -0.2) is 0 Å². The summed E-state index contributed by atoms with van der Waals surface area (Å²) >= 11 is 0. The fourth-order valence-electron chi connectivity index (χ4n) is 1.56. The van der Waals surface area contributed by atoms with Crippen LogP contribution < -0.4 is 22.5 Å². The van der Waals surface area contributed by atoms with Crippen LogP contribution >= 0.6 is 0 Å². The van der Waals surface area contributed by atoms with Crippen molar-refractivity contribution in [3.63, 3.8) is 0 Å². The van der Waals surface area contributed by atoms with Crippen molar-refractivity contribution < 1.29 is 14.7 Å². The Balaban J connectivity index is 2.46. The Morgan fingerprint density at radius 3 is 2.15 bits per heavy atom. The van der Waals surface area contributed by atoms with Gasteiger partial charge in [-0.2, -0.15) is 0 Å². The molecule has 110 valence electrons. The first kappa shape index (κ1) is 16.1. The first-order valence-corrected chi connectivity index (χ1v) is 6.25. The molecule has 1 aromatic rings. The zero-order valence-electron chi connectivity index (χ0n) is 11.1. The lowest BCUT2D eigenvalue weighted by molar-refractivity contribution is -0.120. The summed E-state index contributed by atoms with van der Waals surface area (Å²) < 4.78 is 0. The van der Waals surface area contributed by atoms with Crippen molar-refractivity contribution in [2.45, 2.75) is 31.5 Å². The van der Waals surface area contributed by atoms with Crippen LogP contribution in [0.15, 0.2) is 24.3 Å². The highest BCUT2D eigenvalue weighted by Gasteiger charge is 2.17. The molecule has 20 heavy (non-hydrogen) atoms. The number of anilines is 1. The minimum absolute atomic E-state index is 0.0568. The average Bonchev–Trinajstić information content (AvgIpc) is 2.44. The van der Waals surface area contributed by atoms with E-state index in [9.17, 15) is 9.59 Å². The fraction of sp³-hybridized carbons (Fsp3) is 0.385. The number of benzene rings is 1. The summed E-state index contributed by atoms with van der Waals surface area (Å²) in [5.41, 5.74) is 17.5. The Bertz CT molecular complexity index is 461. The molecule has 1 aromatic carbocycles. The van der Waals surface area contributed by atoms with E-state index in [1.807, 2.05) is 0 Å². The van der Waals surface area contributed by atoms with E-state index in [-0.39, 0.29) is 25.4 Å². The second-order valence-corrected chi connectivity index (χ2v) is 4.54. The van der Waals surface area contributed by atoms with Gasteiger partial charge < -0.3 is 27.6 Å². The van der Waals surface area contributed by atoms with E-state index in [1.54, 1.807) is 24.3 Å². The number of hydrogen-bond donors (Lipinski definition) is 5. The highest BCUT2D eigenvalue weighted by atomic mass is 16.3. The molecule has 2 amide bonds. The van der Waals surface area contributed by atoms with Crippen molar-refractivity contribution >= 4 is 17.5 Å². The molecule has 0 heterocycles. The van der Waals surface area contributed by atoms with Crippen LogP contribution in [0.25, 0.3) is 0 Å². The van der Waals surface area contributed by atoms with Gasteiger partial charge in [0.2, 0.25) is 11.8 Å². The Labute approximate surface area is 117 Å². The molecule has 7 nitrogen and oxygen atoms in total. The predicted octanol–water partition coefficient (Wildman–Crippen LogP) is -0.962.